The second kappa shape index (κ2) is 7.55. The first kappa shape index (κ1) is 19.5. The number of carboxylic acids is 1. The third kappa shape index (κ3) is 3.26. The minimum Gasteiger partial charge on any atom is -0.497 e. The van der Waals surface area contributed by atoms with E-state index in [-0.39, 0.29) is 23.6 Å². The number of amides is 1. The molecule has 0 bridgehead atoms. The Morgan fingerprint density at radius 3 is 2.53 bits per heavy atom. The monoisotopic (exact) mass is 410 g/mol. The minimum atomic E-state index is -1.18. The molecule has 1 aliphatic heterocycles. The van der Waals surface area contributed by atoms with Crippen LogP contribution in [0.15, 0.2) is 48.7 Å². The van der Waals surface area contributed by atoms with Crippen molar-refractivity contribution < 1.29 is 28.6 Å². The number of halogens is 1. The van der Waals surface area contributed by atoms with E-state index in [9.17, 15) is 19.1 Å². The van der Waals surface area contributed by atoms with E-state index in [1.807, 2.05) is 0 Å². The fourth-order valence-corrected chi connectivity index (χ4v) is 3.81. The number of nitrogens with zero attached hydrogens (tertiary/aromatic N) is 1. The van der Waals surface area contributed by atoms with E-state index >= 15 is 0 Å². The smallest absolute Gasteiger partial charge is 0.339 e. The number of nitrogens with one attached hydrogen (secondary N) is 1. The Morgan fingerprint density at radius 2 is 1.90 bits per heavy atom. The number of carbonyl (C=O) groups excluding carboxylic acids is 1. The Balaban J connectivity index is 1.99. The molecule has 0 fully saturated rings. The van der Waals surface area contributed by atoms with Crippen molar-refractivity contribution in [1.82, 2.24) is 4.57 Å². The summed E-state index contributed by atoms with van der Waals surface area (Å²) in [5, 5.41) is 12.4. The van der Waals surface area contributed by atoms with Crippen molar-refractivity contribution >= 4 is 17.6 Å². The maximum absolute atomic E-state index is 13.5. The van der Waals surface area contributed by atoms with Gasteiger partial charge in [-0.1, -0.05) is 0 Å². The SMILES string of the molecule is COc1ccc(OC)c([C@@H]2CC(=O)Nc3c(C(=O)O)cn(-c4ccc(F)cc4)c32)c1. The van der Waals surface area contributed by atoms with Gasteiger partial charge >= 0.3 is 5.97 Å². The van der Waals surface area contributed by atoms with Crippen LogP contribution in [0.2, 0.25) is 0 Å². The van der Waals surface area contributed by atoms with Crippen LogP contribution < -0.4 is 14.8 Å². The van der Waals surface area contributed by atoms with Gasteiger partial charge in [-0.2, -0.15) is 0 Å². The van der Waals surface area contributed by atoms with Crippen molar-refractivity contribution in [3.05, 3.63) is 71.3 Å². The van der Waals surface area contributed by atoms with E-state index in [4.69, 9.17) is 9.47 Å². The molecule has 8 heteroatoms. The van der Waals surface area contributed by atoms with Crippen molar-refractivity contribution in [3.8, 4) is 17.2 Å². The molecule has 0 spiro atoms. The summed E-state index contributed by atoms with van der Waals surface area (Å²) in [6.45, 7) is 0. The van der Waals surface area contributed by atoms with Gasteiger partial charge in [0.1, 0.15) is 22.9 Å². The van der Waals surface area contributed by atoms with Crippen molar-refractivity contribution in [2.24, 2.45) is 0 Å². The van der Waals surface area contributed by atoms with Crippen LogP contribution >= 0.6 is 0 Å². The zero-order valence-electron chi connectivity index (χ0n) is 16.3. The summed E-state index contributed by atoms with van der Waals surface area (Å²) in [7, 11) is 3.06. The number of hydrogen-bond donors (Lipinski definition) is 2. The molecule has 30 heavy (non-hydrogen) atoms. The molecule has 1 atom stereocenters. The predicted molar refractivity (Wildman–Crippen MR) is 107 cm³/mol. The summed E-state index contributed by atoms with van der Waals surface area (Å²) in [6, 6.07) is 11.0. The van der Waals surface area contributed by atoms with Gasteiger partial charge in [-0.15, -0.1) is 0 Å². The number of ether oxygens (including phenoxy) is 2. The zero-order valence-corrected chi connectivity index (χ0v) is 16.3. The standard InChI is InChI=1S/C22H19FN2O5/c1-29-14-7-8-18(30-2)15(9-14)16-10-19(26)24-20-17(22(27)28)11-25(21(16)20)13-5-3-12(23)4-6-13/h3-9,11,16H,10H2,1-2H3,(H,24,26)(H,27,28)/t16-/m0/s1. The summed E-state index contributed by atoms with van der Waals surface area (Å²) in [5.74, 6) is -1.27. The van der Waals surface area contributed by atoms with Gasteiger partial charge in [-0.25, -0.2) is 9.18 Å². The highest BCUT2D eigenvalue weighted by Crippen LogP contribution is 2.45. The first-order valence-corrected chi connectivity index (χ1v) is 9.19. The number of rotatable bonds is 5. The van der Waals surface area contributed by atoms with Crippen molar-refractivity contribution in [1.29, 1.82) is 0 Å². The maximum Gasteiger partial charge on any atom is 0.339 e. The van der Waals surface area contributed by atoms with E-state index in [0.717, 1.165) is 0 Å². The van der Waals surface area contributed by atoms with E-state index in [1.54, 1.807) is 34.9 Å². The molecule has 4 rings (SSSR count). The first-order chi connectivity index (χ1) is 14.4. The van der Waals surface area contributed by atoms with Crippen molar-refractivity contribution in [3.63, 3.8) is 0 Å². The highest BCUT2D eigenvalue weighted by atomic mass is 19.1. The summed E-state index contributed by atoms with van der Waals surface area (Å²) < 4.78 is 26.0. The summed E-state index contributed by atoms with van der Waals surface area (Å²) >= 11 is 0. The summed E-state index contributed by atoms with van der Waals surface area (Å²) in [4.78, 5) is 24.4. The van der Waals surface area contributed by atoms with E-state index in [2.05, 4.69) is 5.32 Å². The molecule has 7 nitrogen and oxygen atoms in total. The molecule has 1 amide bonds. The normalized spacial score (nSPS) is 15.3. The van der Waals surface area contributed by atoms with Gasteiger partial charge in [0.2, 0.25) is 5.91 Å². The Kier molecular flexibility index (Phi) is 4.91. The number of carboxylic acid groups (broad SMARTS) is 1. The van der Waals surface area contributed by atoms with Gasteiger partial charge in [0.25, 0.3) is 0 Å². The van der Waals surface area contributed by atoms with Gasteiger partial charge in [0.15, 0.2) is 0 Å². The Morgan fingerprint density at radius 1 is 1.17 bits per heavy atom. The zero-order chi connectivity index (χ0) is 21.4. The second-order valence-electron chi connectivity index (χ2n) is 6.87. The molecule has 1 aliphatic rings. The highest BCUT2D eigenvalue weighted by Gasteiger charge is 2.36. The van der Waals surface area contributed by atoms with Gasteiger partial charge in [-0.05, 0) is 42.5 Å². The molecule has 0 unspecified atom stereocenters. The van der Waals surface area contributed by atoms with Crippen LogP contribution in [0.5, 0.6) is 11.5 Å². The maximum atomic E-state index is 13.5. The van der Waals surface area contributed by atoms with Crippen LogP contribution in [0, 0.1) is 5.82 Å². The molecular weight excluding hydrogens is 391 g/mol. The molecule has 0 aliphatic carbocycles. The molecule has 154 valence electrons. The molecule has 3 aromatic rings. The largest absolute Gasteiger partial charge is 0.497 e. The van der Waals surface area contributed by atoms with Crippen molar-refractivity contribution in [2.75, 3.05) is 19.5 Å². The number of methoxy groups -OCH3 is 2. The number of carbonyl (C=O) groups is 2. The fraction of sp³-hybridized carbons (Fsp3) is 0.182. The van der Waals surface area contributed by atoms with Crippen LogP contribution in [0.25, 0.3) is 5.69 Å². The van der Waals surface area contributed by atoms with Crippen LogP contribution in [0.3, 0.4) is 0 Å². The molecule has 2 aromatic carbocycles. The summed E-state index contributed by atoms with van der Waals surface area (Å²) in [5.41, 5.74) is 2.01. The first-order valence-electron chi connectivity index (χ1n) is 9.19. The quantitative estimate of drug-likeness (QED) is 0.668. The molecule has 1 aromatic heterocycles. The predicted octanol–water partition coefficient (Wildman–Crippen LogP) is 3.81. The third-order valence-electron chi connectivity index (χ3n) is 5.17. The van der Waals surface area contributed by atoms with Crippen LogP contribution in [-0.2, 0) is 4.79 Å². The number of aromatic nitrogens is 1. The van der Waals surface area contributed by atoms with E-state index in [0.29, 0.717) is 28.4 Å². The molecule has 0 radical (unpaired) electrons. The average molecular weight is 410 g/mol. The fourth-order valence-electron chi connectivity index (χ4n) is 3.81. The van der Waals surface area contributed by atoms with E-state index < -0.39 is 17.7 Å². The number of benzene rings is 2. The lowest BCUT2D eigenvalue weighted by molar-refractivity contribution is -0.116. The lowest BCUT2D eigenvalue weighted by Crippen LogP contribution is -2.25. The van der Waals surface area contributed by atoms with Gasteiger partial charge in [0, 0.05) is 29.8 Å². The Bertz CT molecular complexity index is 1140. The van der Waals surface area contributed by atoms with Gasteiger partial charge in [0.05, 0.1) is 25.6 Å². The number of anilines is 1. The minimum absolute atomic E-state index is 0.0470. The molecule has 2 heterocycles. The lowest BCUT2D eigenvalue weighted by atomic mass is 9.87. The van der Waals surface area contributed by atoms with Crippen LogP contribution in [0.4, 0.5) is 10.1 Å². The summed E-state index contributed by atoms with van der Waals surface area (Å²) in [6.07, 6.45) is 1.52. The van der Waals surface area contributed by atoms with Crippen LogP contribution in [0.1, 0.15) is 34.0 Å². The van der Waals surface area contributed by atoms with Crippen LogP contribution in [-0.4, -0.2) is 35.8 Å². The Hall–Kier alpha value is -3.81. The molecule has 2 N–H and O–H groups in total. The lowest BCUT2D eigenvalue weighted by Gasteiger charge is -2.27. The van der Waals surface area contributed by atoms with Crippen molar-refractivity contribution in [2.45, 2.75) is 12.3 Å². The topological polar surface area (TPSA) is 89.8 Å². The van der Waals surface area contributed by atoms with E-state index in [1.165, 1.54) is 32.5 Å². The molecule has 0 saturated heterocycles. The molecular formula is C22H19FN2O5. The number of aromatic carboxylic acids is 1. The average Bonchev–Trinajstić information content (AvgIpc) is 3.12. The van der Waals surface area contributed by atoms with Gasteiger partial charge in [-0.3, -0.25) is 4.79 Å². The number of hydrogen-bond acceptors (Lipinski definition) is 4. The Labute approximate surface area is 171 Å². The highest BCUT2D eigenvalue weighted by molar-refractivity contribution is 6.04. The molecule has 0 saturated carbocycles. The third-order valence-corrected chi connectivity index (χ3v) is 5.17. The second-order valence-corrected chi connectivity index (χ2v) is 6.87. The van der Waals surface area contributed by atoms with Gasteiger partial charge < -0.3 is 24.5 Å². The number of fused-ring (bicyclic) bond motifs is 1.